The number of aliphatic hydroxyl groups is 3. The van der Waals surface area contributed by atoms with E-state index in [4.69, 9.17) is 0 Å². The van der Waals surface area contributed by atoms with Crippen molar-refractivity contribution in [3.8, 4) is 0 Å². The molecule has 5 nitrogen and oxygen atoms in total. The van der Waals surface area contributed by atoms with Crippen molar-refractivity contribution >= 4 is 5.91 Å². The summed E-state index contributed by atoms with van der Waals surface area (Å²) in [7, 11) is 0. The molecule has 3 atom stereocenters. The monoisotopic (exact) mass is 604 g/mol. The Kier molecular flexibility index (Phi) is 31.9. The molecule has 0 saturated heterocycles. The van der Waals surface area contributed by atoms with E-state index < -0.39 is 12.1 Å². The number of hydrogen-bond acceptors (Lipinski definition) is 4. The molecule has 0 heterocycles. The average molecular weight is 604 g/mol. The zero-order valence-electron chi connectivity index (χ0n) is 28.1. The Balaban J connectivity index is 3.75. The Morgan fingerprint density at radius 3 is 1.60 bits per heavy atom. The average Bonchev–Trinajstić information content (AvgIpc) is 3.00. The lowest BCUT2D eigenvalue weighted by Gasteiger charge is -2.22. The zero-order chi connectivity index (χ0) is 31.6. The largest absolute Gasteiger partial charge is 0.394 e. The van der Waals surface area contributed by atoms with Crippen molar-refractivity contribution in [3.05, 3.63) is 48.6 Å². The summed E-state index contributed by atoms with van der Waals surface area (Å²) >= 11 is 0. The minimum atomic E-state index is -0.691. The van der Waals surface area contributed by atoms with E-state index in [1.54, 1.807) is 0 Å². The molecule has 0 spiro atoms. The summed E-state index contributed by atoms with van der Waals surface area (Å²) in [4.78, 5) is 12.3. The Bertz CT molecular complexity index is 715. The predicted molar refractivity (Wildman–Crippen MR) is 185 cm³/mol. The second-order valence-electron chi connectivity index (χ2n) is 12.1. The summed E-state index contributed by atoms with van der Waals surface area (Å²) in [6.45, 7) is 4.12. The van der Waals surface area contributed by atoms with E-state index in [1.165, 1.54) is 70.6 Å². The number of carbonyl (C=O) groups is 1. The SMILES string of the molecule is CCCCCCCCCCCCCCC[C@@H](O)[C@H](CO)NC(=O)CCC/C=C\C/C=C\C/C=C\C/C=C\CC(O)CCC. The third kappa shape index (κ3) is 30.1. The molecule has 0 aromatic carbocycles. The van der Waals surface area contributed by atoms with E-state index in [1.807, 2.05) is 0 Å². The van der Waals surface area contributed by atoms with Gasteiger partial charge in [0, 0.05) is 6.42 Å². The third-order valence-corrected chi connectivity index (χ3v) is 7.90. The Morgan fingerprint density at radius 2 is 1.09 bits per heavy atom. The molecule has 0 radical (unpaired) electrons. The van der Waals surface area contributed by atoms with Crippen molar-refractivity contribution in [3.63, 3.8) is 0 Å². The van der Waals surface area contributed by atoms with Crippen molar-refractivity contribution in [2.75, 3.05) is 6.61 Å². The van der Waals surface area contributed by atoms with Gasteiger partial charge in [0.25, 0.3) is 0 Å². The Labute approximate surface area is 266 Å². The van der Waals surface area contributed by atoms with Crippen LogP contribution in [0.15, 0.2) is 48.6 Å². The summed E-state index contributed by atoms with van der Waals surface area (Å²) in [5.41, 5.74) is 0. The van der Waals surface area contributed by atoms with Crippen LogP contribution in [0.3, 0.4) is 0 Å². The smallest absolute Gasteiger partial charge is 0.220 e. The fraction of sp³-hybridized carbons (Fsp3) is 0.763. The highest BCUT2D eigenvalue weighted by molar-refractivity contribution is 5.76. The molecule has 0 aromatic rings. The molecule has 43 heavy (non-hydrogen) atoms. The van der Waals surface area contributed by atoms with Gasteiger partial charge in [-0.15, -0.1) is 0 Å². The van der Waals surface area contributed by atoms with E-state index in [2.05, 4.69) is 67.8 Å². The van der Waals surface area contributed by atoms with Gasteiger partial charge in [0.1, 0.15) is 0 Å². The van der Waals surface area contributed by atoms with Crippen molar-refractivity contribution in [1.82, 2.24) is 5.32 Å². The van der Waals surface area contributed by atoms with Crippen LogP contribution in [-0.2, 0) is 4.79 Å². The van der Waals surface area contributed by atoms with Gasteiger partial charge in [-0.2, -0.15) is 0 Å². The van der Waals surface area contributed by atoms with Crippen LogP contribution >= 0.6 is 0 Å². The fourth-order valence-corrected chi connectivity index (χ4v) is 5.13. The Morgan fingerprint density at radius 1 is 0.605 bits per heavy atom. The molecule has 0 aliphatic heterocycles. The lowest BCUT2D eigenvalue weighted by molar-refractivity contribution is -0.123. The first kappa shape index (κ1) is 41.3. The highest BCUT2D eigenvalue weighted by Gasteiger charge is 2.19. The molecular formula is C38H69NO4. The number of hydrogen-bond donors (Lipinski definition) is 4. The normalized spacial score (nSPS) is 14.4. The topological polar surface area (TPSA) is 89.8 Å². The van der Waals surface area contributed by atoms with Gasteiger partial charge in [-0.1, -0.05) is 152 Å². The van der Waals surface area contributed by atoms with Gasteiger partial charge >= 0.3 is 0 Å². The number of rotatable bonds is 31. The number of carbonyl (C=O) groups excluding carboxylic acids is 1. The molecule has 0 bridgehead atoms. The first-order valence-corrected chi connectivity index (χ1v) is 17.9. The van der Waals surface area contributed by atoms with Crippen molar-refractivity contribution in [2.24, 2.45) is 0 Å². The number of aliphatic hydroxyl groups excluding tert-OH is 3. The van der Waals surface area contributed by atoms with Crippen LogP contribution in [-0.4, -0.2) is 46.1 Å². The van der Waals surface area contributed by atoms with Crippen LogP contribution in [0, 0.1) is 0 Å². The summed E-state index contributed by atoms with van der Waals surface area (Å²) < 4.78 is 0. The van der Waals surface area contributed by atoms with E-state index in [0.717, 1.165) is 64.2 Å². The lowest BCUT2D eigenvalue weighted by atomic mass is 10.0. The molecule has 5 heteroatoms. The van der Waals surface area contributed by atoms with Gasteiger partial charge in [0.05, 0.1) is 24.9 Å². The van der Waals surface area contributed by atoms with E-state index >= 15 is 0 Å². The van der Waals surface area contributed by atoms with Gasteiger partial charge in [0.15, 0.2) is 0 Å². The minimum Gasteiger partial charge on any atom is -0.394 e. The van der Waals surface area contributed by atoms with Gasteiger partial charge < -0.3 is 20.6 Å². The maximum Gasteiger partial charge on any atom is 0.220 e. The van der Waals surface area contributed by atoms with E-state index in [9.17, 15) is 20.1 Å². The molecule has 0 aromatic heterocycles. The van der Waals surface area contributed by atoms with Crippen LogP contribution in [0.4, 0.5) is 0 Å². The second kappa shape index (κ2) is 33.2. The molecular weight excluding hydrogens is 534 g/mol. The molecule has 1 unspecified atom stereocenters. The summed E-state index contributed by atoms with van der Waals surface area (Å²) in [5, 5.41) is 32.6. The molecule has 250 valence electrons. The maximum absolute atomic E-state index is 12.3. The summed E-state index contributed by atoms with van der Waals surface area (Å²) in [5.74, 6) is -0.101. The number of allylic oxidation sites excluding steroid dienone is 7. The third-order valence-electron chi connectivity index (χ3n) is 7.90. The van der Waals surface area contributed by atoms with Gasteiger partial charge in [-0.25, -0.2) is 0 Å². The number of nitrogens with one attached hydrogen (secondary N) is 1. The van der Waals surface area contributed by atoms with Gasteiger partial charge in [-0.05, 0) is 51.4 Å². The van der Waals surface area contributed by atoms with Crippen LogP contribution in [0.25, 0.3) is 0 Å². The molecule has 0 rings (SSSR count). The molecule has 0 saturated carbocycles. The first-order valence-electron chi connectivity index (χ1n) is 17.9. The first-order chi connectivity index (χ1) is 21.0. The highest BCUT2D eigenvalue weighted by atomic mass is 16.3. The molecule has 0 fully saturated rings. The predicted octanol–water partition coefficient (Wildman–Crippen LogP) is 9.42. The van der Waals surface area contributed by atoms with Gasteiger partial charge in [-0.3, -0.25) is 4.79 Å². The van der Waals surface area contributed by atoms with Crippen LogP contribution in [0.5, 0.6) is 0 Å². The van der Waals surface area contributed by atoms with Crippen LogP contribution < -0.4 is 5.32 Å². The van der Waals surface area contributed by atoms with Crippen molar-refractivity contribution in [2.45, 2.75) is 180 Å². The quantitative estimate of drug-likeness (QED) is 0.0469. The number of amides is 1. The van der Waals surface area contributed by atoms with Gasteiger partial charge in [0.2, 0.25) is 5.91 Å². The number of unbranched alkanes of at least 4 members (excludes halogenated alkanes) is 13. The van der Waals surface area contributed by atoms with E-state index in [-0.39, 0.29) is 18.6 Å². The standard InChI is InChI=1S/C38H69NO4/c1-3-5-6-7-8-9-10-12-16-19-22-25-28-32-37(42)36(34-40)39-38(43)33-29-26-23-20-17-14-11-13-15-18-21-24-27-31-35(41)30-4-2/h11,14-15,18,20,23-24,27,35-37,40-42H,3-10,12-13,16-17,19,21-22,25-26,28-34H2,1-2H3,(H,39,43)/b14-11-,18-15-,23-20-,27-24-/t35?,36-,37+/m0/s1. The Hall–Kier alpha value is -1.69. The van der Waals surface area contributed by atoms with E-state index in [0.29, 0.717) is 12.8 Å². The molecule has 0 aliphatic rings. The summed E-state index contributed by atoms with van der Waals surface area (Å²) in [6, 6.07) is -0.575. The van der Waals surface area contributed by atoms with Crippen LogP contribution in [0.1, 0.15) is 162 Å². The highest BCUT2D eigenvalue weighted by Crippen LogP contribution is 2.14. The maximum atomic E-state index is 12.3. The van der Waals surface area contributed by atoms with Crippen molar-refractivity contribution in [1.29, 1.82) is 0 Å². The fourth-order valence-electron chi connectivity index (χ4n) is 5.13. The lowest BCUT2D eigenvalue weighted by Crippen LogP contribution is -2.45. The van der Waals surface area contributed by atoms with Crippen molar-refractivity contribution < 1.29 is 20.1 Å². The molecule has 4 N–H and O–H groups in total. The molecule has 1 amide bonds. The molecule has 0 aliphatic carbocycles. The second-order valence-corrected chi connectivity index (χ2v) is 12.1. The zero-order valence-corrected chi connectivity index (χ0v) is 28.1. The van der Waals surface area contributed by atoms with Crippen LogP contribution in [0.2, 0.25) is 0 Å². The summed E-state index contributed by atoms with van der Waals surface area (Å²) in [6.07, 6.45) is 40.8. The minimum absolute atomic E-state index is 0.101.